The molecule has 0 saturated carbocycles. The number of hydrogen-bond acceptors (Lipinski definition) is 4. The highest BCUT2D eigenvalue weighted by Crippen LogP contribution is 2.17. The zero-order valence-corrected chi connectivity index (χ0v) is 13.9. The fraction of sp³-hybridized carbons (Fsp3) is 0.611. The zero-order valence-electron chi connectivity index (χ0n) is 13.9. The van der Waals surface area contributed by atoms with E-state index in [9.17, 15) is 4.79 Å². The largest absolute Gasteiger partial charge is 0.483 e. The van der Waals surface area contributed by atoms with Gasteiger partial charge in [0, 0.05) is 19.8 Å². The van der Waals surface area contributed by atoms with Crippen molar-refractivity contribution >= 4 is 5.91 Å². The van der Waals surface area contributed by atoms with E-state index < -0.39 is 0 Å². The molecule has 1 fully saturated rings. The van der Waals surface area contributed by atoms with Gasteiger partial charge in [0.15, 0.2) is 6.61 Å². The molecule has 128 valence electrons. The maximum Gasteiger partial charge on any atom is 0.257 e. The Balaban J connectivity index is 1.51. The molecule has 0 bridgehead atoms. The fourth-order valence-electron chi connectivity index (χ4n) is 2.52. The average Bonchev–Trinajstić information content (AvgIpc) is 3.09. The first-order chi connectivity index (χ1) is 11.3. The number of aryl methyl sites for hydroxylation is 1. The van der Waals surface area contributed by atoms with E-state index in [0.717, 1.165) is 43.6 Å². The number of nitrogens with one attached hydrogen (secondary N) is 1. The molecule has 5 nitrogen and oxygen atoms in total. The molecule has 0 aliphatic carbocycles. The summed E-state index contributed by atoms with van der Waals surface area (Å²) in [7, 11) is 0. The van der Waals surface area contributed by atoms with Crippen molar-refractivity contribution in [3.05, 3.63) is 29.8 Å². The van der Waals surface area contributed by atoms with Crippen LogP contribution >= 0.6 is 0 Å². The predicted molar refractivity (Wildman–Crippen MR) is 88.7 cm³/mol. The lowest BCUT2D eigenvalue weighted by molar-refractivity contribution is -0.123. The van der Waals surface area contributed by atoms with Gasteiger partial charge >= 0.3 is 0 Å². The van der Waals surface area contributed by atoms with Crippen LogP contribution < -0.4 is 10.1 Å². The van der Waals surface area contributed by atoms with Crippen molar-refractivity contribution in [3.63, 3.8) is 0 Å². The van der Waals surface area contributed by atoms with Crippen LogP contribution in [-0.4, -0.2) is 45.0 Å². The highest BCUT2D eigenvalue weighted by atomic mass is 16.5. The summed E-state index contributed by atoms with van der Waals surface area (Å²) in [5.41, 5.74) is 1.11. The van der Waals surface area contributed by atoms with Gasteiger partial charge in [-0.05, 0) is 37.3 Å². The second kappa shape index (κ2) is 10.2. The van der Waals surface area contributed by atoms with E-state index >= 15 is 0 Å². The maximum atomic E-state index is 11.8. The molecule has 1 saturated heterocycles. The Morgan fingerprint density at radius 2 is 2.26 bits per heavy atom. The van der Waals surface area contributed by atoms with Gasteiger partial charge < -0.3 is 19.5 Å². The lowest BCUT2D eigenvalue weighted by Gasteiger charge is -2.11. The minimum absolute atomic E-state index is 0.0494. The quantitative estimate of drug-likeness (QED) is 0.672. The van der Waals surface area contributed by atoms with Crippen LogP contribution in [0.25, 0.3) is 0 Å². The monoisotopic (exact) mass is 321 g/mol. The number of hydrogen-bond donors (Lipinski definition) is 1. The Kier molecular flexibility index (Phi) is 7.90. The molecule has 0 aromatic heterocycles. The van der Waals surface area contributed by atoms with E-state index in [1.807, 2.05) is 24.3 Å². The minimum atomic E-state index is -0.102. The highest BCUT2D eigenvalue weighted by molar-refractivity contribution is 5.77. The molecule has 0 radical (unpaired) electrons. The van der Waals surface area contributed by atoms with Crippen molar-refractivity contribution in [1.82, 2.24) is 5.32 Å². The van der Waals surface area contributed by atoms with Crippen LogP contribution in [0.15, 0.2) is 24.3 Å². The topological polar surface area (TPSA) is 56.8 Å². The Morgan fingerprint density at radius 3 is 3.04 bits per heavy atom. The predicted octanol–water partition coefficient (Wildman–Crippen LogP) is 2.33. The van der Waals surface area contributed by atoms with Crippen molar-refractivity contribution in [2.24, 2.45) is 0 Å². The van der Waals surface area contributed by atoms with Crippen LogP contribution in [0.5, 0.6) is 5.75 Å². The molecule has 1 heterocycles. The molecule has 1 N–H and O–H groups in total. The molecule has 1 aromatic carbocycles. The molecular formula is C18H27NO4. The highest BCUT2D eigenvalue weighted by Gasteiger charge is 2.14. The second-order valence-electron chi connectivity index (χ2n) is 5.66. The van der Waals surface area contributed by atoms with E-state index in [1.54, 1.807) is 0 Å². The van der Waals surface area contributed by atoms with Gasteiger partial charge in [-0.15, -0.1) is 0 Å². The van der Waals surface area contributed by atoms with Gasteiger partial charge in [-0.25, -0.2) is 0 Å². The molecule has 1 atom stereocenters. The molecule has 1 unspecified atom stereocenters. The number of ether oxygens (including phenoxy) is 3. The SMILES string of the molecule is CCc1ccccc1OCC(=O)NCCCOCC1CCCO1. The Labute approximate surface area is 138 Å². The van der Waals surface area contributed by atoms with Crippen LogP contribution in [0.1, 0.15) is 31.7 Å². The third-order valence-corrected chi connectivity index (χ3v) is 3.83. The standard InChI is InChI=1S/C18H27NO4/c1-2-15-7-3-4-9-17(15)23-14-18(20)19-10-6-11-21-13-16-8-5-12-22-16/h3-4,7,9,16H,2,5-6,8,10-14H2,1H3,(H,19,20). The minimum Gasteiger partial charge on any atom is -0.483 e. The summed E-state index contributed by atoms with van der Waals surface area (Å²) in [5, 5.41) is 2.84. The van der Waals surface area contributed by atoms with E-state index in [4.69, 9.17) is 14.2 Å². The molecule has 2 rings (SSSR count). The maximum absolute atomic E-state index is 11.8. The van der Waals surface area contributed by atoms with Gasteiger partial charge in [0.1, 0.15) is 5.75 Å². The number of carbonyl (C=O) groups excluding carboxylic acids is 1. The van der Waals surface area contributed by atoms with Gasteiger partial charge in [-0.2, -0.15) is 0 Å². The molecule has 0 spiro atoms. The van der Waals surface area contributed by atoms with Crippen molar-refractivity contribution in [2.75, 3.05) is 33.0 Å². The first-order valence-corrected chi connectivity index (χ1v) is 8.46. The van der Waals surface area contributed by atoms with E-state index in [1.165, 1.54) is 0 Å². The van der Waals surface area contributed by atoms with E-state index in [-0.39, 0.29) is 18.6 Å². The molecule has 23 heavy (non-hydrogen) atoms. The summed E-state index contributed by atoms with van der Waals surface area (Å²) in [5.74, 6) is 0.681. The van der Waals surface area contributed by atoms with E-state index in [2.05, 4.69) is 12.2 Å². The van der Waals surface area contributed by atoms with Gasteiger partial charge in [0.05, 0.1) is 12.7 Å². The molecule has 1 aliphatic rings. The summed E-state index contributed by atoms with van der Waals surface area (Å²) in [4.78, 5) is 11.8. The molecular weight excluding hydrogens is 294 g/mol. The third kappa shape index (κ3) is 6.59. The molecule has 1 amide bonds. The number of amides is 1. The first kappa shape index (κ1) is 17.8. The Hall–Kier alpha value is -1.59. The second-order valence-corrected chi connectivity index (χ2v) is 5.66. The third-order valence-electron chi connectivity index (χ3n) is 3.83. The molecule has 1 aromatic rings. The normalized spacial score (nSPS) is 17.2. The number of benzene rings is 1. The Morgan fingerprint density at radius 1 is 1.39 bits per heavy atom. The van der Waals surface area contributed by atoms with Crippen LogP contribution in [0, 0.1) is 0 Å². The smallest absolute Gasteiger partial charge is 0.257 e. The lowest BCUT2D eigenvalue weighted by Crippen LogP contribution is -2.30. The van der Waals surface area contributed by atoms with Crippen LogP contribution in [0.4, 0.5) is 0 Å². The summed E-state index contributed by atoms with van der Waals surface area (Å²) in [6.45, 7) is 4.87. The molecule has 5 heteroatoms. The van der Waals surface area contributed by atoms with Gasteiger partial charge in [0.2, 0.25) is 0 Å². The van der Waals surface area contributed by atoms with E-state index in [0.29, 0.717) is 19.8 Å². The fourth-order valence-corrected chi connectivity index (χ4v) is 2.52. The van der Waals surface area contributed by atoms with Gasteiger partial charge in [0.25, 0.3) is 5.91 Å². The summed E-state index contributed by atoms with van der Waals surface area (Å²) >= 11 is 0. The number of rotatable bonds is 10. The van der Waals surface area contributed by atoms with Crippen molar-refractivity contribution in [1.29, 1.82) is 0 Å². The van der Waals surface area contributed by atoms with Crippen LogP contribution in [-0.2, 0) is 20.7 Å². The van der Waals surface area contributed by atoms with Crippen molar-refractivity contribution in [2.45, 2.75) is 38.7 Å². The number of carbonyl (C=O) groups is 1. The lowest BCUT2D eigenvalue weighted by atomic mass is 10.1. The van der Waals surface area contributed by atoms with Crippen LogP contribution in [0.2, 0.25) is 0 Å². The van der Waals surface area contributed by atoms with Crippen molar-refractivity contribution < 1.29 is 19.0 Å². The average molecular weight is 321 g/mol. The van der Waals surface area contributed by atoms with Crippen LogP contribution in [0.3, 0.4) is 0 Å². The Bertz CT molecular complexity index is 472. The first-order valence-electron chi connectivity index (χ1n) is 8.46. The number of para-hydroxylation sites is 1. The van der Waals surface area contributed by atoms with Gasteiger partial charge in [-0.3, -0.25) is 4.79 Å². The van der Waals surface area contributed by atoms with Gasteiger partial charge in [-0.1, -0.05) is 25.1 Å². The van der Waals surface area contributed by atoms with Crippen molar-refractivity contribution in [3.8, 4) is 5.75 Å². The zero-order chi connectivity index (χ0) is 16.3. The summed E-state index contributed by atoms with van der Waals surface area (Å²) in [6.07, 6.45) is 4.17. The summed E-state index contributed by atoms with van der Waals surface area (Å²) in [6, 6.07) is 7.80. The summed E-state index contributed by atoms with van der Waals surface area (Å²) < 4.78 is 16.6. The molecule has 1 aliphatic heterocycles.